The van der Waals surface area contributed by atoms with E-state index >= 15 is 8.39 Å². The summed E-state index contributed by atoms with van der Waals surface area (Å²) in [6, 6.07) is 16.8. The molecule has 1 heterocycles. The quantitative estimate of drug-likeness (QED) is 0.747. The van der Waals surface area contributed by atoms with Gasteiger partial charge in [0, 0.05) is 0 Å². The maximum atomic E-state index is 16.3. The second-order valence-electron chi connectivity index (χ2n) is 6.17. The molecule has 0 amide bonds. The maximum absolute atomic E-state index is 16.3. The van der Waals surface area contributed by atoms with Crippen LogP contribution in [0.4, 0.5) is 8.39 Å². The van der Waals surface area contributed by atoms with Gasteiger partial charge in [0.1, 0.15) is 0 Å². The number of benzene rings is 2. The number of rotatable bonds is 3. The Bertz CT molecular complexity index is 579. The molecule has 0 aliphatic carbocycles. The number of nitrogens with zero attached hydrogens (tertiary/aromatic N) is 1. The van der Waals surface area contributed by atoms with Crippen LogP contribution in [0, 0.1) is 5.92 Å². The van der Waals surface area contributed by atoms with Gasteiger partial charge in [0.25, 0.3) is 0 Å². The van der Waals surface area contributed by atoms with Crippen molar-refractivity contribution in [3.8, 4) is 0 Å². The molecule has 1 aliphatic heterocycles. The van der Waals surface area contributed by atoms with Crippen molar-refractivity contribution in [2.24, 2.45) is 5.92 Å². The Hall–Kier alpha value is -1.31. The summed E-state index contributed by atoms with van der Waals surface area (Å²) in [6.45, 7) is 3.08. The molecule has 2 aromatic rings. The molecule has 4 heteroatoms. The Morgan fingerprint density at radius 3 is 1.64 bits per heavy atom. The number of hydrogen-bond acceptors (Lipinski definition) is 1. The first-order chi connectivity index (χ1) is 10.5. The molecule has 1 saturated heterocycles. The minimum atomic E-state index is -5.30. The van der Waals surface area contributed by atoms with Crippen LogP contribution in [0.5, 0.6) is 0 Å². The molecule has 0 bridgehead atoms. The SMILES string of the molecule is CC1CCN(P(F)(F)(c2ccccc2)c2ccccc2)CC1. The Morgan fingerprint density at radius 2 is 1.23 bits per heavy atom. The Morgan fingerprint density at radius 1 is 0.818 bits per heavy atom. The van der Waals surface area contributed by atoms with Crippen LogP contribution in [-0.2, 0) is 0 Å². The summed E-state index contributed by atoms with van der Waals surface area (Å²) in [5, 5.41) is 0.350. The molecule has 3 rings (SSSR count). The predicted octanol–water partition coefficient (Wildman–Crippen LogP) is 4.61. The average molecular weight is 321 g/mol. The molecule has 0 radical (unpaired) electrons. The van der Waals surface area contributed by atoms with Crippen LogP contribution < -0.4 is 10.6 Å². The Kier molecular flexibility index (Phi) is 4.05. The van der Waals surface area contributed by atoms with E-state index in [0.29, 0.717) is 19.0 Å². The van der Waals surface area contributed by atoms with E-state index in [-0.39, 0.29) is 10.6 Å². The third-order valence-electron chi connectivity index (χ3n) is 4.65. The van der Waals surface area contributed by atoms with Crippen LogP contribution in [0.1, 0.15) is 19.8 Å². The van der Waals surface area contributed by atoms with Gasteiger partial charge >= 0.3 is 130 Å². The van der Waals surface area contributed by atoms with Crippen molar-refractivity contribution in [2.45, 2.75) is 19.8 Å². The fourth-order valence-electron chi connectivity index (χ4n) is 3.19. The van der Waals surface area contributed by atoms with E-state index < -0.39 is 7.38 Å². The van der Waals surface area contributed by atoms with Crippen molar-refractivity contribution < 1.29 is 8.39 Å². The zero-order valence-electron chi connectivity index (χ0n) is 12.8. The summed E-state index contributed by atoms with van der Waals surface area (Å²) in [5.74, 6) is 0.531. The minimum absolute atomic E-state index is 0.175. The molecule has 0 aromatic heterocycles. The van der Waals surface area contributed by atoms with Gasteiger partial charge in [-0.2, -0.15) is 0 Å². The van der Waals surface area contributed by atoms with Crippen molar-refractivity contribution in [2.75, 3.05) is 13.1 Å². The molecule has 0 N–H and O–H groups in total. The van der Waals surface area contributed by atoms with Gasteiger partial charge in [0.15, 0.2) is 0 Å². The second-order valence-corrected chi connectivity index (χ2v) is 9.50. The van der Waals surface area contributed by atoms with E-state index in [1.807, 2.05) is 0 Å². The van der Waals surface area contributed by atoms with Crippen LogP contribution in [0.25, 0.3) is 0 Å². The second kappa shape index (κ2) is 5.72. The standard InChI is InChI=1S/C18H22F2NP/c1-16-12-14-21(15-13-16)22(19,20,17-8-4-2-5-9-17)18-10-6-3-7-11-18/h2-11,16H,12-15H2,1H3. The van der Waals surface area contributed by atoms with Crippen LogP contribution in [-0.4, -0.2) is 17.8 Å². The van der Waals surface area contributed by atoms with Crippen LogP contribution in [0.15, 0.2) is 60.7 Å². The third-order valence-corrected chi connectivity index (χ3v) is 8.40. The average Bonchev–Trinajstić information content (AvgIpc) is 2.57. The third kappa shape index (κ3) is 2.47. The van der Waals surface area contributed by atoms with Gasteiger partial charge in [0.2, 0.25) is 0 Å². The van der Waals surface area contributed by atoms with Crippen LogP contribution >= 0.6 is 7.38 Å². The fraction of sp³-hybridized carbons (Fsp3) is 0.333. The van der Waals surface area contributed by atoms with E-state index in [9.17, 15) is 0 Å². The zero-order chi connectivity index (χ0) is 15.7. The molecule has 1 aliphatic rings. The van der Waals surface area contributed by atoms with E-state index in [2.05, 4.69) is 6.92 Å². The number of halogens is 2. The van der Waals surface area contributed by atoms with E-state index in [4.69, 9.17) is 0 Å². The summed E-state index contributed by atoms with van der Waals surface area (Å²) in [4.78, 5) is 0. The summed E-state index contributed by atoms with van der Waals surface area (Å²) in [7, 11) is -5.30. The Labute approximate surface area is 131 Å². The molecule has 22 heavy (non-hydrogen) atoms. The van der Waals surface area contributed by atoms with Crippen LogP contribution in [0.3, 0.4) is 0 Å². The number of hydrogen-bond donors (Lipinski definition) is 0. The van der Waals surface area contributed by atoms with Gasteiger partial charge in [0.05, 0.1) is 0 Å². The molecule has 1 fully saturated rings. The summed E-state index contributed by atoms with van der Waals surface area (Å²) >= 11 is 0. The number of piperidine rings is 1. The van der Waals surface area contributed by atoms with Gasteiger partial charge in [-0.05, 0) is 0 Å². The molecular weight excluding hydrogens is 299 g/mol. The first kappa shape index (κ1) is 15.6. The molecule has 0 saturated carbocycles. The zero-order valence-corrected chi connectivity index (χ0v) is 13.7. The van der Waals surface area contributed by atoms with Gasteiger partial charge in [-0.1, -0.05) is 0 Å². The molecule has 1 nitrogen and oxygen atoms in total. The van der Waals surface area contributed by atoms with Gasteiger partial charge in [-0.3, -0.25) is 0 Å². The van der Waals surface area contributed by atoms with Gasteiger partial charge in [-0.25, -0.2) is 0 Å². The van der Waals surface area contributed by atoms with Crippen molar-refractivity contribution in [1.29, 1.82) is 0 Å². The Balaban J connectivity index is 2.14. The molecule has 2 aromatic carbocycles. The first-order valence-corrected chi connectivity index (χ1v) is 9.80. The summed E-state index contributed by atoms with van der Waals surface area (Å²) in [6.07, 6.45) is 1.68. The molecule has 0 unspecified atom stereocenters. The summed E-state index contributed by atoms with van der Waals surface area (Å²) in [5.41, 5.74) is 0. The topological polar surface area (TPSA) is 3.24 Å². The van der Waals surface area contributed by atoms with Gasteiger partial charge in [-0.15, -0.1) is 0 Å². The summed E-state index contributed by atoms with van der Waals surface area (Å²) < 4.78 is 34.2. The van der Waals surface area contributed by atoms with Crippen LogP contribution in [0.2, 0.25) is 0 Å². The van der Waals surface area contributed by atoms with Gasteiger partial charge < -0.3 is 0 Å². The molecule has 0 atom stereocenters. The van der Waals surface area contributed by atoms with E-state index in [0.717, 1.165) is 12.8 Å². The van der Waals surface area contributed by atoms with Crippen molar-refractivity contribution in [1.82, 2.24) is 4.67 Å². The first-order valence-electron chi connectivity index (χ1n) is 7.83. The van der Waals surface area contributed by atoms with Crippen molar-refractivity contribution in [3.05, 3.63) is 60.7 Å². The van der Waals surface area contributed by atoms with E-state index in [1.165, 1.54) is 4.67 Å². The van der Waals surface area contributed by atoms with Crippen molar-refractivity contribution in [3.63, 3.8) is 0 Å². The molecule has 118 valence electrons. The molecular formula is C18H22F2NP. The molecule has 0 spiro atoms. The monoisotopic (exact) mass is 321 g/mol. The van der Waals surface area contributed by atoms with E-state index in [1.54, 1.807) is 60.7 Å². The predicted molar refractivity (Wildman–Crippen MR) is 91.3 cm³/mol. The van der Waals surface area contributed by atoms with Crippen molar-refractivity contribution >= 4 is 18.0 Å². The fourth-order valence-corrected chi connectivity index (χ4v) is 6.43. The normalized spacial score (nSPS) is 19.5.